The molecule has 0 aromatic carbocycles. The molecule has 6 heteroatoms. The monoisotopic (exact) mass is 273 g/mol. The van der Waals surface area contributed by atoms with Gasteiger partial charge in [-0.15, -0.1) is 0 Å². The van der Waals surface area contributed by atoms with Gasteiger partial charge in [-0.3, -0.25) is 4.00 Å². The van der Waals surface area contributed by atoms with Crippen molar-refractivity contribution in [2.45, 2.75) is 39.3 Å². The first-order valence-electron chi connectivity index (χ1n) is 4.25. The maximum absolute atomic E-state index is 5.76. The Balaban J connectivity index is 4.90. The Labute approximate surface area is 95.4 Å². The average Bonchev–Trinajstić information content (AvgIpc) is 1.77. The number of halogens is 2. The van der Waals surface area contributed by atoms with Crippen LogP contribution in [0.5, 0.6) is 0 Å². The second kappa shape index (κ2) is 4.78. The van der Waals surface area contributed by atoms with E-state index in [1.807, 2.05) is 0 Å². The third kappa shape index (κ3) is 5.55. The minimum Gasteiger partial charge on any atom is -0.298 e. The molecule has 0 amide bonds. The SMILES string of the molecule is C[Si](C)(C)N(P=C(Cl)Cl)[Si](C)(C)C. The van der Waals surface area contributed by atoms with Crippen LogP contribution >= 0.6 is 31.6 Å². The van der Waals surface area contributed by atoms with E-state index in [0.29, 0.717) is 4.21 Å². The Bertz CT molecular complexity index is 190. The molecule has 0 rings (SSSR count). The normalized spacial score (nSPS) is 13.9. The topological polar surface area (TPSA) is 3.24 Å². The summed E-state index contributed by atoms with van der Waals surface area (Å²) < 4.78 is 2.99. The van der Waals surface area contributed by atoms with Gasteiger partial charge in [0.1, 0.15) is 20.7 Å². The highest BCUT2D eigenvalue weighted by molar-refractivity contribution is 7.54. The Morgan fingerprint density at radius 1 is 0.923 bits per heavy atom. The first-order chi connectivity index (χ1) is 5.55. The van der Waals surface area contributed by atoms with Crippen molar-refractivity contribution in [1.29, 1.82) is 0 Å². The van der Waals surface area contributed by atoms with Crippen molar-refractivity contribution in [2.75, 3.05) is 0 Å². The summed E-state index contributed by atoms with van der Waals surface area (Å²) in [6.07, 6.45) is 0. The van der Waals surface area contributed by atoms with Gasteiger partial charge < -0.3 is 0 Å². The van der Waals surface area contributed by atoms with Crippen LogP contribution in [0, 0.1) is 0 Å². The summed E-state index contributed by atoms with van der Waals surface area (Å²) in [6.45, 7) is 14.0. The number of hydrogen-bond acceptors (Lipinski definition) is 1. The largest absolute Gasteiger partial charge is 0.298 e. The summed E-state index contributed by atoms with van der Waals surface area (Å²) in [7, 11) is -1.58. The Morgan fingerprint density at radius 3 is 1.31 bits per heavy atom. The van der Waals surface area contributed by atoms with E-state index in [0.717, 1.165) is 8.35 Å². The molecule has 0 N–H and O–H groups in total. The van der Waals surface area contributed by atoms with E-state index in [-0.39, 0.29) is 0 Å². The van der Waals surface area contributed by atoms with Crippen molar-refractivity contribution in [2.24, 2.45) is 0 Å². The maximum atomic E-state index is 5.76. The summed E-state index contributed by atoms with van der Waals surface area (Å²) in [4.78, 5) is 0. The smallest absolute Gasteiger partial charge is 0.143 e. The first kappa shape index (κ1) is 14.1. The molecule has 0 aromatic rings. The van der Waals surface area contributed by atoms with Gasteiger partial charge in [0.2, 0.25) is 0 Å². The molecule has 0 aliphatic carbocycles. The van der Waals surface area contributed by atoms with Crippen LogP contribution in [0.2, 0.25) is 39.3 Å². The Kier molecular flexibility index (Phi) is 5.20. The van der Waals surface area contributed by atoms with Crippen molar-refractivity contribution in [3.8, 4) is 0 Å². The van der Waals surface area contributed by atoms with E-state index < -0.39 is 16.5 Å². The number of nitrogens with zero attached hydrogens (tertiary/aromatic N) is 1. The van der Waals surface area contributed by atoms with E-state index >= 15 is 0 Å². The molecule has 0 atom stereocenters. The van der Waals surface area contributed by atoms with Gasteiger partial charge in [0, 0.05) is 8.35 Å². The highest BCUT2D eigenvalue weighted by Crippen LogP contribution is 2.29. The lowest BCUT2D eigenvalue weighted by molar-refractivity contribution is 0.999. The van der Waals surface area contributed by atoms with Gasteiger partial charge in [-0.05, 0) is 0 Å². The fourth-order valence-corrected chi connectivity index (χ4v) is 13.8. The van der Waals surface area contributed by atoms with Gasteiger partial charge >= 0.3 is 0 Å². The van der Waals surface area contributed by atoms with Crippen LogP contribution in [0.15, 0.2) is 0 Å². The molecular formula is C7H18Cl2NPSi2. The minimum atomic E-state index is -1.29. The summed E-state index contributed by atoms with van der Waals surface area (Å²) in [5, 5.41) is 0. The first-order valence-corrected chi connectivity index (χ1v) is 12.7. The lowest BCUT2D eigenvalue weighted by Crippen LogP contribution is -2.53. The molecule has 0 heterocycles. The van der Waals surface area contributed by atoms with Crippen LogP contribution in [-0.4, -0.2) is 24.7 Å². The predicted molar refractivity (Wildman–Crippen MR) is 72.2 cm³/mol. The third-order valence-corrected chi connectivity index (χ3v) is 13.0. The second-order valence-corrected chi connectivity index (χ2v) is 18.3. The second-order valence-electron chi connectivity index (χ2n) is 4.99. The fourth-order valence-electron chi connectivity index (χ4n) is 1.38. The molecule has 0 aliphatic heterocycles. The molecule has 0 saturated heterocycles. The van der Waals surface area contributed by atoms with E-state index in [1.165, 1.54) is 0 Å². The number of rotatable bonds is 3. The Hall–Kier alpha value is 1.14. The van der Waals surface area contributed by atoms with Gasteiger partial charge in [-0.25, -0.2) is 0 Å². The zero-order valence-corrected chi connectivity index (χ0v) is 13.6. The lowest BCUT2D eigenvalue weighted by Gasteiger charge is -2.39. The van der Waals surface area contributed by atoms with Crippen molar-refractivity contribution in [3.05, 3.63) is 0 Å². The number of hydrogen-bond donors (Lipinski definition) is 0. The molecule has 0 aromatic heterocycles. The summed E-state index contributed by atoms with van der Waals surface area (Å²) in [6, 6.07) is 0. The molecule has 0 bridgehead atoms. The van der Waals surface area contributed by atoms with Crippen molar-refractivity contribution in [3.63, 3.8) is 0 Å². The zero-order chi connectivity index (χ0) is 10.9. The molecule has 0 saturated carbocycles. The Morgan fingerprint density at radius 2 is 1.23 bits per heavy atom. The van der Waals surface area contributed by atoms with Crippen LogP contribution in [0.25, 0.3) is 0 Å². The highest BCUT2D eigenvalue weighted by atomic mass is 35.5. The summed E-state index contributed by atoms with van der Waals surface area (Å²) in [5.74, 6) is 0. The average molecular weight is 274 g/mol. The molecule has 0 spiro atoms. The molecule has 0 radical (unpaired) electrons. The molecule has 0 unspecified atom stereocenters. The molecule has 0 aliphatic rings. The minimum absolute atomic E-state index is 0.463. The fraction of sp³-hybridized carbons (Fsp3) is 0.857. The van der Waals surface area contributed by atoms with Crippen molar-refractivity contribution < 1.29 is 0 Å². The van der Waals surface area contributed by atoms with Gasteiger partial charge in [0.15, 0.2) is 0 Å². The standard InChI is InChI=1S/C7H18Cl2NPSi2/c1-12(2,3)10(11-7(8)9)13(4,5)6/h1-6H3. The highest BCUT2D eigenvalue weighted by Gasteiger charge is 2.33. The van der Waals surface area contributed by atoms with E-state index in [4.69, 9.17) is 23.2 Å². The van der Waals surface area contributed by atoms with E-state index in [1.54, 1.807) is 0 Å². The third-order valence-electron chi connectivity index (χ3n) is 1.45. The van der Waals surface area contributed by atoms with Gasteiger partial charge in [0.05, 0.1) is 0 Å². The van der Waals surface area contributed by atoms with Crippen molar-refractivity contribution >= 4 is 52.2 Å². The predicted octanol–water partition coefficient (Wildman–Crippen LogP) is 4.38. The summed E-state index contributed by atoms with van der Waals surface area (Å²) in [5.41, 5.74) is 0. The summed E-state index contributed by atoms with van der Waals surface area (Å²) >= 11 is 11.5. The van der Waals surface area contributed by atoms with Crippen LogP contribution in [0.3, 0.4) is 0 Å². The maximum Gasteiger partial charge on any atom is 0.143 e. The molecule has 78 valence electrons. The lowest BCUT2D eigenvalue weighted by atomic mass is 11.8. The molecule has 1 nitrogen and oxygen atoms in total. The van der Waals surface area contributed by atoms with Crippen LogP contribution in [0.4, 0.5) is 0 Å². The quantitative estimate of drug-likeness (QED) is 0.545. The molecule has 0 fully saturated rings. The van der Waals surface area contributed by atoms with Gasteiger partial charge in [0.25, 0.3) is 0 Å². The zero-order valence-electron chi connectivity index (χ0n) is 9.15. The van der Waals surface area contributed by atoms with Crippen LogP contribution in [0.1, 0.15) is 0 Å². The van der Waals surface area contributed by atoms with Gasteiger partial charge in [-0.2, -0.15) is 0 Å². The van der Waals surface area contributed by atoms with Crippen molar-refractivity contribution in [1.82, 2.24) is 4.00 Å². The van der Waals surface area contributed by atoms with E-state index in [9.17, 15) is 0 Å². The molecule has 13 heavy (non-hydrogen) atoms. The molecular weight excluding hydrogens is 256 g/mol. The van der Waals surface area contributed by atoms with Gasteiger partial charge in [-0.1, -0.05) is 62.5 Å². The van der Waals surface area contributed by atoms with E-state index in [2.05, 4.69) is 43.3 Å². The van der Waals surface area contributed by atoms with Crippen LogP contribution < -0.4 is 0 Å². The van der Waals surface area contributed by atoms with Crippen LogP contribution in [-0.2, 0) is 0 Å².